The predicted octanol–water partition coefficient (Wildman–Crippen LogP) is 12.3. The van der Waals surface area contributed by atoms with E-state index in [9.17, 15) is 8.42 Å². The molecular formula is C34H70O4S. The van der Waals surface area contributed by atoms with Crippen molar-refractivity contribution in [3.05, 3.63) is 0 Å². The number of unbranched alkanes of at least 4 members (excludes halogenated alkanes) is 31. The van der Waals surface area contributed by atoms with Crippen LogP contribution in [0.15, 0.2) is 0 Å². The molecule has 0 aromatic carbocycles. The summed E-state index contributed by atoms with van der Waals surface area (Å²) >= 11 is 0. The highest BCUT2D eigenvalue weighted by Gasteiger charge is 2.02. The van der Waals surface area contributed by atoms with Gasteiger partial charge in [0, 0.05) is 0 Å². The van der Waals surface area contributed by atoms with Crippen molar-refractivity contribution in [2.45, 2.75) is 212 Å². The van der Waals surface area contributed by atoms with Crippen LogP contribution in [0.1, 0.15) is 212 Å². The Kier molecular flexibility index (Phi) is 32.3. The fraction of sp³-hybridized carbons (Fsp3) is 1.00. The molecule has 0 unspecified atom stereocenters. The molecule has 4 nitrogen and oxygen atoms in total. The van der Waals surface area contributed by atoms with Gasteiger partial charge in [-0.2, -0.15) is 8.42 Å². The molecule has 0 saturated heterocycles. The Bertz CT molecular complexity index is 549. The van der Waals surface area contributed by atoms with Crippen molar-refractivity contribution in [2.24, 2.45) is 0 Å². The summed E-state index contributed by atoms with van der Waals surface area (Å²) < 4.78 is 33.7. The maximum absolute atomic E-state index is 10.4. The summed E-state index contributed by atoms with van der Waals surface area (Å²) in [5.74, 6) is 0. The van der Waals surface area contributed by atoms with E-state index in [2.05, 4.69) is 11.1 Å². The monoisotopic (exact) mass is 574 g/mol. The van der Waals surface area contributed by atoms with Crippen molar-refractivity contribution in [3.8, 4) is 0 Å². The van der Waals surface area contributed by atoms with Gasteiger partial charge in [-0.15, -0.1) is 0 Å². The minimum atomic E-state index is -4.26. The van der Waals surface area contributed by atoms with Crippen LogP contribution in [0.5, 0.6) is 0 Å². The van der Waals surface area contributed by atoms with Crippen LogP contribution in [0.2, 0.25) is 0 Å². The molecule has 1 N–H and O–H groups in total. The van der Waals surface area contributed by atoms with Crippen LogP contribution in [0.25, 0.3) is 0 Å². The maximum Gasteiger partial charge on any atom is 0.397 e. The topological polar surface area (TPSA) is 63.6 Å². The van der Waals surface area contributed by atoms with E-state index in [-0.39, 0.29) is 6.61 Å². The van der Waals surface area contributed by atoms with Crippen LogP contribution >= 0.6 is 0 Å². The molecule has 0 aliphatic heterocycles. The number of rotatable bonds is 34. The molecule has 0 amide bonds. The Morgan fingerprint density at radius 1 is 0.359 bits per heavy atom. The van der Waals surface area contributed by atoms with Gasteiger partial charge in [0.25, 0.3) is 0 Å². The van der Waals surface area contributed by atoms with Crippen molar-refractivity contribution in [1.82, 2.24) is 0 Å². The van der Waals surface area contributed by atoms with Crippen LogP contribution in [-0.4, -0.2) is 19.6 Å². The molecule has 0 atom stereocenters. The van der Waals surface area contributed by atoms with Crippen molar-refractivity contribution in [2.75, 3.05) is 6.61 Å². The van der Waals surface area contributed by atoms with Gasteiger partial charge in [0.15, 0.2) is 0 Å². The summed E-state index contributed by atoms with van der Waals surface area (Å²) in [5.41, 5.74) is 0. The normalized spacial score (nSPS) is 11.9. The van der Waals surface area contributed by atoms with E-state index in [1.807, 2.05) is 0 Å². The average Bonchev–Trinajstić information content (AvgIpc) is 2.90. The zero-order chi connectivity index (χ0) is 28.5. The van der Waals surface area contributed by atoms with E-state index in [1.165, 1.54) is 186 Å². The lowest BCUT2D eigenvalue weighted by Crippen LogP contribution is -2.04. The summed E-state index contributed by atoms with van der Waals surface area (Å²) in [4.78, 5) is 0. The molecule has 0 saturated carbocycles. The van der Waals surface area contributed by atoms with E-state index in [1.54, 1.807) is 0 Å². The molecule has 236 valence electrons. The smallest absolute Gasteiger partial charge is 0.264 e. The lowest BCUT2D eigenvalue weighted by atomic mass is 10.0. The molecule has 0 aliphatic carbocycles. The first kappa shape index (κ1) is 38.9. The second kappa shape index (κ2) is 32.4. The first-order valence-electron chi connectivity index (χ1n) is 17.7. The van der Waals surface area contributed by atoms with Gasteiger partial charge in [-0.05, 0) is 6.42 Å². The van der Waals surface area contributed by atoms with Gasteiger partial charge in [-0.3, -0.25) is 4.55 Å². The van der Waals surface area contributed by atoms with E-state index in [0.717, 1.165) is 12.8 Å². The molecule has 0 fully saturated rings. The van der Waals surface area contributed by atoms with E-state index in [4.69, 9.17) is 4.55 Å². The highest BCUT2D eigenvalue weighted by molar-refractivity contribution is 7.80. The zero-order valence-corrected chi connectivity index (χ0v) is 27.2. The van der Waals surface area contributed by atoms with Crippen LogP contribution in [-0.2, 0) is 14.6 Å². The van der Waals surface area contributed by atoms with Gasteiger partial charge in [0.1, 0.15) is 0 Å². The summed E-state index contributed by atoms with van der Waals surface area (Å²) in [6, 6.07) is 0. The Balaban J connectivity index is 3.05. The van der Waals surface area contributed by atoms with Crippen LogP contribution in [0, 0.1) is 0 Å². The van der Waals surface area contributed by atoms with Crippen LogP contribution in [0.3, 0.4) is 0 Å². The molecule has 39 heavy (non-hydrogen) atoms. The summed E-state index contributed by atoms with van der Waals surface area (Å²) in [7, 11) is -4.26. The Labute approximate surface area is 246 Å². The first-order chi connectivity index (χ1) is 19.1. The average molecular weight is 575 g/mol. The Hall–Kier alpha value is -0.130. The SMILES string of the molecule is CCCCCCCCCCCCCCCCCCCCCCCCCCCCCCCCCCOS(=O)(=O)O. The molecule has 0 bridgehead atoms. The third-order valence-corrected chi connectivity index (χ3v) is 8.69. The predicted molar refractivity (Wildman–Crippen MR) is 171 cm³/mol. The third-order valence-electron chi connectivity index (χ3n) is 8.23. The summed E-state index contributed by atoms with van der Waals surface area (Å²) in [6.07, 6.45) is 44.1. The van der Waals surface area contributed by atoms with Gasteiger partial charge >= 0.3 is 10.4 Å². The lowest BCUT2D eigenvalue weighted by molar-refractivity contribution is 0.261. The van der Waals surface area contributed by atoms with Gasteiger partial charge in [0.05, 0.1) is 6.61 Å². The number of hydrogen-bond donors (Lipinski definition) is 1. The van der Waals surface area contributed by atoms with Gasteiger partial charge in [-0.1, -0.05) is 206 Å². The van der Waals surface area contributed by atoms with Gasteiger partial charge in [0.2, 0.25) is 0 Å². The summed E-state index contributed by atoms with van der Waals surface area (Å²) in [5, 5.41) is 0. The van der Waals surface area contributed by atoms with E-state index >= 15 is 0 Å². The molecule has 0 aromatic rings. The summed E-state index contributed by atoms with van der Waals surface area (Å²) in [6.45, 7) is 2.39. The quantitative estimate of drug-likeness (QED) is 0.0613. The van der Waals surface area contributed by atoms with Crippen LogP contribution in [0.4, 0.5) is 0 Å². The standard InChI is InChI=1S/C34H70O4S/c1-2-3-4-5-6-7-8-9-10-11-12-13-14-15-16-17-18-19-20-21-22-23-24-25-26-27-28-29-30-31-32-33-34-38-39(35,36)37/h2-34H2,1H3,(H,35,36,37). The Morgan fingerprint density at radius 2 is 0.538 bits per heavy atom. The van der Waals surface area contributed by atoms with E-state index < -0.39 is 10.4 Å². The molecule has 0 rings (SSSR count). The zero-order valence-electron chi connectivity index (χ0n) is 26.4. The van der Waals surface area contributed by atoms with Crippen LogP contribution < -0.4 is 0 Å². The second-order valence-corrected chi connectivity index (χ2v) is 13.3. The largest absolute Gasteiger partial charge is 0.397 e. The first-order valence-corrected chi connectivity index (χ1v) is 19.0. The number of hydrogen-bond acceptors (Lipinski definition) is 3. The molecule has 5 heteroatoms. The fourth-order valence-electron chi connectivity index (χ4n) is 5.64. The lowest BCUT2D eigenvalue weighted by Gasteiger charge is -2.05. The third kappa shape index (κ3) is 37.9. The highest BCUT2D eigenvalue weighted by Crippen LogP contribution is 2.16. The Morgan fingerprint density at radius 3 is 0.718 bits per heavy atom. The van der Waals surface area contributed by atoms with Crippen molar-refractivity contribution >= 4 is 10.4 Å². The molecule has 0 spiro atoms. The minimum Gasteiger partial charge on any atom is -0.264 e. The van der Waals surface area contributed by atoms with Crippen molar-refractivity contribution < 1.29 is 17.2 Å². The fourth-order valence-corrected chi connectivity index (χ4v) is 5.97. The molecular weight excluding hydrogens is 504 g/mol. The van der Waals surface area contributed by atoms with Crippen molar-refractivity contribution in [3.63, 3.8) is 0 Å². The van der Waals surface area contributed by atoms with Gasteiger partial charge in [-0.25, -0.2) is 4.18 Å². The molecule has 0 aliphatic rings. The maximum atomic E-state index is 10.4. The second-order valence-electron chi connectivity index (χ2n) is 12.2. The molecule has 0 aromatic heterocycles. The van der Waals surface area contributed by atoms with Gasteiger partial charge < -0.3 is 0 Å². The van der Waals surface area contributed by atoms with Crippen molar-refractivity contribution in [1.29, 1.82) is 0 Å². The molecule has 0 radical (unpaired) electrons. The van der Waals surface area contributed by atoms with E-state index in [0.29, 0.717) is 6.42 Å². The molecule has 0 heterocycles. The minimum absolute atomic E-state index is 0.0956. The highest BCUT2D eigenvalue weighted by atomic mass is 32.3.